The number of hydrogen-bond donors (Lipinski definition) is 2. The molecule has 8 heteroatoms. The molecule has 6 nitrogen and oxygen atoms in total. The van der Waals surface area contributed by atoms with Crippen LogP contribution in [0.5, 0.6) is 0 Å². The summed E-state index contributed by atoms with van der Waals surface area (Å²) in [6.07, 6.45) is 3.57. The van der Waals surface area contributed by atoms with Gasteiger partial charge in [-0.3, -0.25) is 14.5 Å². The molecule has 0 bridgehead atoms. The van der Waals surface area contributed by atoms with Crippen LogP contribution < -0.4 is 5.32 Å². The first-order valence-corrected chi connectivity index (χ1v) is 15.6. The van der Waals surface area contributed by atoms with Gasteiger partial charge in [-0.1, -0.05) is 37.6 Å². The first-order valence-electron chi connectivity index (χ1n) is 15.3. The Morgan fingerprint density at radius 3 is 2.12 bits per heavy atom. The molecule has 0 aromatic heterocycles. The number of likely N-dealkylation sites (tertiary alicyclic amines) is 1. The van der Waals surface area contributed by atoms with Gasteiger partial charge in [0.25, 0.3) is 0 Å². The summed E-state index contributed by atoms with van der Waals surface area (Å²) in [4.78, 5) is 34.1. The van der Waals surface area contributed by atoms with Crippen molar-refractivity contribution in [1.29, 1.82) is 0 Å². The number of Topliss-reactive ketones (excluding diaryl/α,β-unsaturated/α-hetero) is 1. The SMILES string of the molecule is CC(O)C(C)(C)C(=O)N(C1CCC(C)(C)CC1)[C@@]1(C(=O)[C@@H]2CN(C(C)(C)C)C[C@H]2c2ccc(Cl)cc2)CCNC1.Cl. The zero-order valence-electron chi connectivity index (χ0n) is 26.4. The standard InChI is InChI=1S/C33H52ClN3O3.ClH/c1-22(38)32(7,8)29(40)37(25-13-15-31(5,6)16-14-25)33(17-18-35-21-33)28(39)27-20-36(30(2,3)4)19-26(27)23-9-11-24(34)12-10-23;/h9-12,22,25-27,35,38H,13-21H2,1-8H3;1H/t22?,26-,27+,33-;/m0./s1. The van der Waals surface area contributed by atoms with Crippen LogP contribution in [0.4, 0.5) is 0 Å². The number of nitrogens with zero attached hydrogens (tertiary/aromatic N) is 2. The Kier molecular flexibility index (Phi) is 10.4. The fraction of sp³-hybridized carbons (Fsp3) is 0.758. The van der Waals surface area contributed by atoms with Crippen molar-refractivity contribution in [3.63, 3.8) is 0 Å². The third-order valence-electron chi connectivity index (χ3n) is 10.4. The molecular formula is C33H53Cl2N3O3. The molecule has 4 rings (SSSR count). The lowest BCUT2D eigenvalue weighted by Crippen LogP contribution is -2.67. The molecule has 1 aromatic carbocycles. The van der Waals surface area contributed by atoms with E-state index in [2.05, 4.69) is 57.0 Å². The van der Waals surface area contributed by atoms with Crippen molar-refractivity contribution >= 4 is 35.7 Å². The Balaban J connectivity index is 0.00000462. The highest BCUT2D eigenvalue weighted by Crippen LogP contribution is 2.46. The molecule has 232 valence electrons. The van der Waals surface area contributed by atoms with E-state index < -0.39 is 17.1 Å². The Bertz CT molecular complexity index is 1060. The molecule has 2 saturated heterocycles. The van der Waals surface area contributed by atoms with Crippen molar-refractivity contribution < 1.29 is 14.7 Å². The van der Waals surface area contributed by atoms with Crippen molar-refractivity contribution in [3.05, 3.63) is 34.9 Å². The van der Waals surface area contributed by atoms with Crippen molar-refractivity contribution in [1.82, 2.24) is 15.1 Å². The smallest absolute Gasteiger partial charge is 0.231 e. The zero-order valence-corrected chi connectivity index (χ0v) is 28.0. The molecule has 1 amide bonds. The van der Waals surface area contributed by atoms with Crippen molar-refractivity contribution in [2.75, 3.05) is 26.2 Å². The molecule has 0 spiro atoms. The largest absolute Gasteiger partial charge is 0.392 e. The Labute approximate surface area is 259 Å². The van der Waals surface area contributed by atoms with Crippen LogP contribution >= 0.6 is 24.0 Å². The van der Waals surface area contributed by atoms with E-state index in [-0.39, 0.29) is 52.9 Å². The second-order valence-electron chi connectivity index (χ2n) is 15.1. The molecule has 0 radical (unpaired) electrons. The van der Waals surface area contributed by atoms with Gasteiger partial charge in [0.05, 0.1) is 11.5 Å². The minimum absolute atomic E-state index is 0. The molecule has 1 unspecified atom stereocenters. The van der Waals surface area contributed by atoms with Gasteiger partial charge in [0.15, 0.2) is 5.78 Å². The second-order valence-corrected chi connectivity index (χ2v) is 15.6. The molecule has 2 N–H and O–H groups in total. The molecular weight excluding hydrogens is 557 g/mol. The molecule has 41 heavy (non-hydrogen) atoms. The average molecular weight is 611 g/mol. The summed E-state index contributed by atoms with van der Waals surface area (Å²) < 4.78 is 0. The molecule has 1 aliphatic carbocycles. The predicted octanol–water partition coefficient (Wildman–Crippen LogP) is 6.08. The fourth-order valence-corrected chi connectivity index (χ4v) is 7.19. The van der Waals surface area contributed by atoms with Crippen LogP contribution in [0.25, 0.3) is 0 Å². The lowest BCUT2D eigenvalue weighted by molar-refractivity contribution is -0.164. The van der Waals surface area contributed by atoms with Crippen LogP contribution in [0, 0.1) is 16.7 Å². The fourth-order valence-electron chi connectivity index (χ4n) is 7.06. The normalized spacial score (nSPS) is 28.2. The number of amides is 1. The van der Waals surface area contributed by atoms with E-state index in [0.29, 0.717) is 31.1 Å². The Morgan fingerprint density at radius 2 is 1.63 bits per heavy atom. The minimum Gasteiger partial charge on any atom is -0.392 e. The summed E-state index contributed by atoms with van der Waals surface area (Å²) in [7, 11) is 0. The third kappa shape index (κ3) is 6.82. The maximum Gasteiger partial charge on any atom is 0.231 e. The number of carbonyl (C=O) groups is 2. The van der Waals surface area contributed by atoms with Gasteiger partial charge in [-0.25, -0.2) is 0 Å². The van der Waals surface area contributed by atoms with E-state index in [0.717, 1.165) is 37.8 Å². The number of nitrogens with one attached hydrogen (secondary N) is 1. The first-order chi connectivity index (χ1) is 18.5. The van der Waals surface area contributed by atoms with Crippen LogP contribution in [0.3, 0.4) is 0 Å². The number of aliphatic hydroxyl groups excluding tert-OH is 1. The summed E-state index contributed by atoms with van der Waals surface area (Å²) in [5.74, 6) is -0.152. The number of halogens is 2. The number of rotatable bonds is 7. The maximum atomic E-state index is 15.2. The monoisotopic (exact) mass is 609 g/mol. The number of benzene rings is 1. The molecule has 1 saturated carbocycles. The predicted molar refractivity (Wildman–Crippen MR) is 170 cm³/mol. The van der Waals surface area contributed by atoms with Gasteiger partial charge < -0.3 is 15.3 Å². The van der Waals surface area contributed by atoms with Gasteiger partial charge in [0, 0.05) is 48.1 Å². The van der Waals surface area contributed by atoms with Crippen molar-refractivity contribution in [3.8, 4) is 0 Å². The van der Waals surface area contributed by atoms with E-state index in [1.54, 1.807) is 6.92 Å². The van der Waals surface area contributed by atoms with Gasteiger partial charge in [-0.2, -0.15) is 0 Å². The third-order valence-corrected chi connectivity index (χ3v) is 10.7. The van der Waals surface area contributed by atoms with Crippen molar-refractivity contribution in [2.45, 2.75) is 117 Å². The number of carbonyl (C=O) groups excluding carboxylic acids is 2. The van der Waals surface area contributed by atoms with Gasteiger partial charge in [-0.15, -0.1) is 12.4 Å². The highest BCUT2D eigenvalue weighted by molar-refractivity contribution is 6.30. The maximum absolute atomic E-state index is 15.2. The first kappa shape index (κ1) is 34.3. The van der Waals surface area contributed by atoms with Crippen LogP contribution in [-0.2, 0) is 9.59 Å². The van der Waals surface area contributed by atoms with E-state index in [1.165, 1.54) is 0 Å². The van der Waals surface area contributed by atoms with E-state index in [4.69, 9.17) is 11.6 Å². The summed E-state index contributed by atoms with van der Waals surface area (Å²) >= 11 is 6.24. The van der Waals surface area contributed by atoms with E-state index in [9.17, 15) is 9.90 Å². The van der Waals surface area contributed by atoms with Gasteiger partial charge >= 0.3 is 0 Å². The van der Waals surface area contributed by atoms with E-state index >= 15 is 4.79 Å². The van der Waals surface area contributed by atoms with Gasteiger partial charge in [0.2, 0.25) is 5.91 Å². The summed E-state index contributed by atoms with van der Waals surface area (Å²) in [6.45, 7) is 19.2. The van der Waals surface area contributed by atoms with Crippen LogP contribution in [-0.4, -0.2) is 76.0 Å². The molecule has 3 fully saturated rings. The number of hydrogen-bond acceptors (Lipinski definition) is 5. The van der Waals surface area contributed by atoms with Gasteiger partial charge in [-0.05, 0) is 103 Å². The molecule has 2 heterocycles. The summed E-state index contributed by atoms with van der Waals surface area (Å²) in [5, 5.41) is 14.9. The number of ketones is 1. The van der Waals surface area contributed by atoms with Crippen LogP contribution in [0.2, 0.25) is 5.02 Å². The topological polar surface area (TPSA) is 72.9 Å². The lowest BCUT2D eigenvalue weighted by atomic mass is 9.71. The average Bonchev–Trinajstić information content (AvgIpc) is 3.54. The highest BCUT2D eigenvalue weighted by atomic mass is 35.5. The van der Waals surface area contributed by atoms with E-state index in [1.807, 2.05) is 30.9 Å². The summed E-state index contributed by atoms with van der Waals surface area (Å²) in [5.41, 5.74) is -0.657. The minimum atomic E-state index is -0.995. The zero-order chi connectivity index (χ0) is 29.7. The molecule has 3 aliphatic rings. The van der Waals surface area contributed by atoms with Gasteiger partial charge in [0.1, 0.15) is 5.54 Å². The van der Waals surface area contributed by atoms with Crippen molar-refractivity contribution in [2.24, 2.45) is 16.7 Å². The highest BCUT2D eigenvalue weighted by Gasteiger charge is 2.58. The second kappa shape index (κ2) is 12.4. The van der Waals surface area contributed by atoms with Crippen LogP contribution in [0.1, 0.15) is 99.0 Å². The quantitative estimate of drug-likeness (QED) is 0.392. The molecule has 1 aromatic rings. The Morgan fingerprint density at radius 1 is 1.05 bits per heavy atom. The molecule has 2 aliphatic heterocycles. The molecule has 4 atom stereocenters. The lowest BCUT2D eigenvalue weighted by Gasteiger charge is -2.51. The number of aliphatic hydroxyl groups is 1. The summed E-state index contributed by atoms with van der Waals surface area (Å²) in [6, 6.07) is 7.92. The Hall–Kier alpha value is -1.18. The van der Waals surface area contributed by atoms with Crippen LogP contribution in [0.15, 0.2) is 24.3 Å².